The van der Waals surface area contributed by atoms with Crippen molar-refractivity contribution in [1.82, 2.24) is 30.1 Å². The first kappa shape index (κ1) is 16.6. The van der Waals surface area contributed by atoms with E-state index in [0.29, 0.717) is 0 Å². The summed E-state index contributed by atoms with van der Waals surface area (Å²) in [6.07, 6.45) is 7.23. The normalized spacial score (nSPS) is 11.3. The Kier molecular flexibility index (Phi) is 3.67. The third-order valence-corrected chi connectivity index (χ3v) is 5.29. The molecule has 5 aromatic heterocycles. The van der Waals surface area contributed by atoms with Gasteiger partial charge in [-0.3, -0.25) is 15.1 Å². The Morgan fingerprint density at radius 3 is 2.53 bits per heavy atom. The van der Waals surface area contributed by atoms with Crippen molar-refractivity contribution in [3.63, 3.8) is 0 Å². The standard InChI is InChI=1S/C24H16N6/c1-2-9-26-20(5-1)16-12-19-23(29-30-24(19)27-14-16)22-13-18-17(4-3-6-21(18)28-22)15-7-10-25-11-8-15/h1-14,28H,(H,27,29,30). The summed E-state index contributed by atoms with van der Waals surface area (Å²) in [7, 11) is 0. The third-order valence-electron chi connectivity index (χ3n) is 5.29. The van der Waals surface area contributed by atoms with Crippen LogP contribution in [-0.2, 0) is 0 Å². The molecule has 0 aliphatic heterocycles. The molecule has 0 atom stereocenters. The Balaban J connectivity index is 1.52. The molecule has 0 aliphatic carbocycles. The lowest BCUT2D eigenvalue weighted by Gasteiger charge is -2.02. The summed E-state index contributed by atoms with van der Waals surface area (Å²) in [6, 6.07) is 20.4. The molecule has 0 saturated carbocycles. The fourth-order valence-corrected chi connectivity index (χ4v) is 3.85. The molecule has 0 unspecified atom stereocenters. The number of hydrogen-bond acceptors (Lipinski definition) is 4. The molecule has 6 heteroatoms. The van der Waals surface area contributed by atoms with Crippen LogP contribution in [0, 0.1) is 0 Å². The Morgan fingerprint density at radius 2 is 1.67 bits per heavy atom. The molecule has 0 bridgehead atoms. The summed E-state index contributed by atoms with van der Waals surface area (Å²) in [5, 5.41) is 9.69. The highest BCUT2D eigenvalue weighted by atomic mass is 15.2. The maximum Gasteiger partial charge on any atom is 0.155 e. The third kappa shape index (κ3) is 2.66. The minimum absolute atomic E-state index is 0.748. The Bertz CT molecular complexity index is 1480. The van der Waals surface area contributed by atoms with Gasteiger partial charge in [0.25, 0.3) is 0 Å². The second-order valence-corrected chi connectivity index (χ2v) is 7.09. The van der Waals surface area contributed by atoms with Gasteiger partial charge in [0.2, 0.25) is 0 Å². The number of aromatic nitrogens is 6. The highest BCUT2D eigenvalue weighted by molar-refractivity contribution is 6.01. The van der Waals surface area contributed by atoms with Crippen LogP contribution < -0.4 is 0 Å². The topological polar surface area (TPSA) is 83.1 Å². The van der Waals surface area contributed by atoms with Crippen molar-refractivity contribution in [1.29, 1.82) is 0 Å². The average molecular weight is 388 g/mol. The monoisotopic (exact) mass is 388 g/mol. The van der Waals surface area contributed by atoms with Crippen molar-refractivity contribution in [2.75, 3.05) is 0 Å². The highest BCUT2D eigenvalue weighted by Gasteiger charge is 2.15. The van der Waals surface area contributed by atoms with Gasteiger partial charge in [0, 0.05) is 46.6 Å². The maximum absolute atomic E-state index is 4.55. The van der Waals surface area contributed by atoms with E-state index in [1.165, 1.54) is 0 Å². The second kappa shape index (κ2) is 6.63. The molecule has 6 nitrogen and oxygen atoms in total. The zero-order chi connectivity index (χ0) is 19.9. The van der Waals surface area contributed by atoms with Gasteiger partial charge in [-0.25, -0.2) is 4.98 Å². The van der Waals surface area contributed by atoms with Crippen molar-refractivity contribution < 1.29 is 0 Å². The molecule has 6 rings (SSSR count). The molecule has 0 fully saturated rings. The Hall–Kier alpha value is -4.32. The predicted octanol–water partition coefficient (Wildman–Crippen LogP) is 5.23. The van der Waals surface area contributed by atoms with Crippen molar-refractivity contribution in [2.24, 2.45) is 0 Å². The van der Waals surface area contributed by atoms with Crippen LogP contribution in [0.4, 0.5) is 0 Å². The Morgan fingerprint density at radius 1 is 0.733 bits per heavy atom. The fraction of sp³-hybridized carbons (Fsp3) is 0. The first-order valence-corrected chi connectivity index (χ1v) is 9.65. The lowest BCUT2D eigenvalue weighted by molar-refractivity contribution is 1.10. The molecule has 0 aliphatic rings. The van der Waals surface area contributed by atoms with E-state index < -0.39 is 0 Å². The van der Waals surface area contributed by atoms with Gasteiger partial charge < -0.3 is 4.98 Å². The van der Waals surface area contributed by atoms with Crippen molar-refractivity contribution >= 4 is 21.9 Å². The SMILES string of the molecule is c1ccc(-c2cnc3[nH]nc(-c4cc5c(-c6ccncc6)cccc5[nH]4)c3c2)nc1. The zero-order valence-electron chi connectivity index (χ0n) is 15.9. The fourth-order valence-electron chi connectivity index (χ4n) is 3.85. The molecule has 5 heterocycles. The molecular formula is C24H16N6. The van der Waals surface area contributed by atoms with Gasteiger partial charge in [-0.05, 0) is 53.6 Å². The molecular weight excluding hydrogens is 372 g/mol. The van der Waals surface area contributed by atoms with Gasteiger partial charge in [0.15, 0.2) is 5.65 Å². The van der Waals surface area contributed by atoms with Gasteiger partial charge in [0.1, 0.15) is 5.69 Å². The van der Waals surface area contributed by atoms with Crippen LogP contribution in [0.25, 0.3) is 55.7 Å². The van der Waals surface area contributed by atoms with Gasteiger partial charge in [-0.15, -0.1) is 0 Å². The average Bonchev–Trinajstić information content (AvgIpc) is 3.43. The van der Waals surface area contributed by atoms with E-state index in [2.05, 4.69) is 60.5 Å². The maximum atomic E-state index is 4.55. The van der Waals surface area contributed by atoms with E-state index in [1.54, 1.807) is 6.20 Å². The summed E-state index contributed by atoms with van der Waals surface area (Å²) in [6.45, 7) is 0. The number of fused-ring (bicyclic) bond motifs is 2. The van der Waals surface area contributed by atoms with E-state index >= 15 is 0 Å². The van der Waals surface area contributed by atoms with E-state index in [4.69, 9.17) is 0 Å². The van der Waals surface area contributed by atoms with Gasteiger partial charge >= 0.3 is 0 Å². The molecule has 2 N–H and O–H groups in total. The van der Waals surface area contributed by atoms with Gasteiger partial charge in [0.05, 0.1) is 11.4 Å². The van der Waals surface area contributed by atoms with Gasteiger partial charge in [-0.2, -0.15) is 5.10 Å². The molecule has 1 aromatic carbocycles. The minimum Gasteiger partial charge on any atom is -0.353 e. The summed E-state index contributed by atoms with van der Waals surface area (Å²) in [5.74, 6) is 0. The first-order chi connectivity index (χ1) is 14.9. The van der Waals surface area contributed by atoms with E-state index in [-0.39, 0.29) is 0 Å². The van der Waals surface area contributed by atoms with Crippen molar-refractivity contribution in [3.05, 3.63) is 85.5 Å². The van der Waals surface area contributed by atoms with Crippen LogP contribution in [0.3, 0.4) is 0 Å². The minimum atomic E-state index is 0.748. The molecule has 142 valence electrons. The number of H-pyrrole nitrogens is 2. The number of nitrogens with zero attached hydrogens (tertiary/aromatic N) is 4. The van der Waals surface area contributed by atoms with Crippen LogP contribution in [0.1, 0.15) is 0 Å². The van der Waals surface area contributed by atoms with E-state index in [9.17, 15) is 0 Å². The number of hydrogen-bond donors (Lipinski definition) is 2. The smallest absolute Gasteiger partial charge is 0.155 e. The van der Waals surface area contributed by atoms with Crippen LogP contribution in [-0.4, -0.2) is 30.1 Å². The van der Waals surface area contributed by atoms with Crippen LogP contribution >= 0.6 is 0 Å². The molecule has 0 radical (unpaired) electrons. The summed E-state index contributed by atoms with van der Waals surface area (Å²) < 4.78 is 0. The van der Waals surface area contributed by atoms with Crippen molar-refractivity contribution in [3.8, 4) is 33.8 Å². The molecule has 0 saturated heterocycles. The number of benzene rings is 1. The second-order valence-electron chi connectivity index (χ2n) is 7.09. The van der Waals surface area contributed by atoms with Gasteiger partial charge in [-0.1, -0.05) is 18.2 Å². The summed E-state index contributed by atoms with van der Waals surface area (Å²) in [4.78, 5) is 16.6. The first-order valence-electron chi connectivity index (χ1n) is 9.65. The highest BCUT2D eigenvalue weighted by Crippen LogP contribution is 2.34. The number of aromatic amines is 2. The lowest BCUT2D eigenvalue weighted by atomic mass is 10.0. The molecule has 30 heavy (non-hydrogen) atoms. The predicted molar refractivity (Wildman–Crippen MR) is 118 cm³/mol. The van der Waals surface area contributed by atoms with E-state index in [1.807, 2.05) is 48.9 Å². The van der Waals surface area contributed by atoms with Crippen molar-refractivity contribution in [2.45, 2.75) is 0 Å². The number of rotatable bonds is 3. The van der Waals surface area contributed by atoms with Crippen LogP contribution in [0.15, 0.2) is 85.5 Å². The quantitative estimate of drug-likeness (QED) is 0.435. The van der Waals surface area contributed by atoms with E-state index in [0.717, 1.165) is 55.7 Å². The summed E-state index contributed by atoms with van der Waals surface area (Å²) >= 11 is 0. The molecule has 0 amide bonds. The Labute approximate surface area is 171 Å². The number of nitrogens with one attached hydrogen (secondary N) is 2. The lowest BCUT2D eigenvalue weighted by Crippen LogP contribution is -1.85. The largest absolute Gasteiger partial charge is 0.353 e. The molecule has 6 aromatic rings. The van der Waals surface area contributed by atoms with Crippen LogP contribution in [0.5, 0.6) is 0 Å². The molecule has 0 spiro atoms. The number of pyridine rings is 3. The summed E-state index contributed by atoms with van der Waals surface area (Å²) in [5.41, 5.74) is 7.72. The van der Waals surface area contributed by atoms with Crippen LogP contribution in [0.2, 0.25) is 0 Å². The zero-order valence-corrected chi connectivity index (χ0v) is 15.9.